The van der Waals surface area contributed by atoms with E-state index in [1.807, 2.05) is 0 Å². The molecule has 0 aliphatic carbocycles. The number of carbonyl (C=O) groups is 1. The van der Waals surface area contributed by atoms with Crippen LogP contribution in [-0.4, -0.2) is 29.1 Å². The number of carbonyl (C=O) groups excluding carboxylic acids is 1. The van der Waals surface area contributed by atoms with Gasteiger partial charge >= 0.3 is 0 Å². The molecule has 1 rings (SSSR count). The second kappa shape index (κ2) is 5.67. The maximum Gasteiger partial charge on any atom is 0.241 e. The number of rotatable bonds is 5. The molecule has 1 aliphatic rings. The van der Waals surface area contributed by atoms with E-state index in [2.05, 4.69) is 44.8 Å². The molecule has 0 radical (unpaired) electrons. The molecule has 0 aromatic carbocycles. The fraction of sp³-hybridized carbons (Fsp3) is 0.923. The average Bonchev–Trinajstić information content (AvgIpc) is 2.57. The summed E-state index contributed by atoms with van der Waals surface area (Å²) in [6.07, 6.45) is 3.16. The first-order valence-corrected chi connectivity index (χ1v) is 6.64. The summed E-state index contributed by atoms with van der Waals surface area (Å²) in [6, 6.07) is 0.416. The molecule has 0 saturated carbocycles. The Bertz CT molecular complexity index is 240. The Labute approximate surface area is 99.6 Å². The first-order chi connectivity index (χ1) is 7.56. The van der Waals surface area contributed by atoms with E-state index < -0.39 is 0 Å². The highest BCUT2D eigenvalue weighted by Gasteiger charge is 2.40. The summed E-state index contributed by atoms with van der Waals surface area (Å²) >= 11 is 0. The molecule has 3 unspecified atom stereocenters. The van der Waals surface area contributed by atoms with Gasteiger partial charge in [-0.3, -0.25) is 10.1 Å². The summed E-state index contributed by atoms with van der Waals surface area (Å²) in [4.78, 5) is 14.4. The lowest BCUT2D eigenvalue weighted by atomic mass is 9.99. The number of nitrogens with zero attached hydrogens (tertiary/aromatic N) is 1. The van der Waals surface area contributed by atoms with Gasteiger partial charge in [-0.05, 0) is 25.2 Å². The average molecular weight is 226 g/mol. The standard InChI is InChI=1S/C13H26N2O/c1-6-10-13(16)15(12(8-3)14-10)11(7-2)9(4)5/h9-12,14H,6-8H2,1-5H3. The lowest BCUT2D eigenvalue weighted by Crippen LogP contribution is -2.46. The summed E-state index contributed by atoms with van der Waals surface area (Å²) in [6.45, 7) is 10.8. The van der Waals surface area contributed by atoms with E-state index in [9.17, 15) is 4.79 Å². The first kappa shape index (κ1) is 13.5. The van der Waals surface area contributed by atoms with Crippen molar-refractivity contribution in [2.75, 3.05) is 0 Å². The third kappa shape index (κ3) is 2.40. The van der Waals surface area contributed by atoms with Crippen LogP contribution in [0, 0.1) is 5.92 Å². The van der Waals surface area contributed by atoms with E-state index in [1.165, 1.54) is 0 Å². The van der Waals surface area contributed by atoms with Crippen molar-refractivity contribution in [3.63, 3.8) is 0 Å². The molecule has 0 aromatic heterocycles. The van der Waals surface area contributed by atoms with Crippen molar-refractivity contribution < 1.29 is 4.79 Å². The Hall–Kier alpha value is -0.570. The van der Waals surface area contributed by atoms with Crippen LogP contribution in [0.25, 0.3) is 0 Å². The van der Waals surface area contributed by atoms with Gasteiger partial charge in [-0.25, -0.2) is 0 Å². The van der Waals surface area contributed by atoms with E-state index in [1.54, 1.807) is 0 Å². The SMILES string of the molecule is CCC1NC(CC)N(C(CC)C(C)C)C1=O. The van der Waals surface area contributed by atoms with Crippen molar-refractivity contribution in [1.29, 1.82) is 0 Å². The van der Waals surface area contributed by atoms with Crippen molar-refractivity contribution in [3.8, 4) is 0 Å². The fourth-order valence-electron chi connectivity index (χ4n) is 2.71. The van der Waals surface area contributed by atoms with Crippen LogP contribution in [0.1, 0.15) is 53.9 Å². The Kier molecular flexibility index (Phi) is 4.78. The van der Waals surface area contributed by atoms with Crippen molar-refractivity contribution in [2.24, 2.45) is 5.92 Å². The highest BCUT2D eigenvalue weighted by molar-refractivity contribution is 5.84. The third-order valence-electron chi connectivity index (χ3n) is 3.62. The summed E-state index contributed by atoms with van der Waals surface area (Å²) in [5, 5.41) is 3.44. The predicted molar refractivity (Wildman–Crippen MR) is 67.1 cm³/mol. The highest BCUT2D eigenvalue weighted by atomic mass is 16.2. The Balaban J connectivity index is 2.86. The van der Waals surface area contributed by atoms with Gasteiger partial charge in [-0.15, -0.1) is 0 Å². The van der Waals surface area contributed by atoms with E-state index in [0.29, 0.717) is 17.9 Å². The molecule has 94 valence electrons. The molecule has 3 atom stereocenters. The van der Waals surface area contributed by atoms with Crippen LogP contribution in [0.15, 0.2) is 0 Å². The zero-order valence-corrected chi connectivity index (χ0v) is 11.3. The van der Waals surface area contributed by atoms with Crippen LogP contribution in [-0.2, 0) is 4.79 Å². The molecule has 1 N–H and O–H groups in total. The monoisotopic (exact) mass is 226 g/mol. The minimum absolute atomic E-state index is 0.0396. The Morgan fingerprint density at radius 1 is 1.25 bits per heavy atom. The van der Waals surface area contributed by atoms with Crippen molar-refractivity contribution in [3.05, 3.63) is 0 Å². The molecular formula is C13H26N2O. The molecule has 1 fully saturated rings. The zero-order chi connectivity index (χ0) is 12.3. The number of hydrogen-bond donors (Lipinski definition) is 1. The number of hydrogen-bond acceptors (Lipinski definition) is 2. The number of nitrogens with one attached hydrogen (secondary N) is 1. The molecule has 1 aliphatic heterocycles. The van der Waals surface area contributed by atoms with Gasteiger partial charge < -0.3 is 4.90 Å². The van der Waals surface area contributed by atoms with Gasteiger partial charge in [0.25, 0.3) is 0 Å². The largest absolute Gasteiger partial charge is 0.323 e. The van der Waals surface area contributed by atoms with Crippen LogP contribution in [0.5, 0.6) is 0 Å². The second-order valence-electron chi connectivity index (χ2n) is 5.02. The maximum absolute atomic E-state index is 12.3. The Morgan fingerprint density at radius 2 is 1.88 bits per heavy atom. The normalized spacial score (nSPS) is 27.9. The molecule has 0 spiro atoms. The van der Waals surface area contributed by atoms with Gasteiger partial charge in [0.1, 0.15) is 0 Å². The van der Waals surface area contributed by atoms with Gasteiger partial charge in [0.05, 0.1) is 12.2 Å². The van der Waals surface area contributed by atoms with Crippen molar-refractivity contribution >= 4 is 5.91 Å². The molecule has 16 heavy (non-hydrogen) atoms. The summed E-state index contributed by atoms with van der Waals surface area (Å²) in [5.74, 6) is 0.829. The summed E-state index contributed by atoms with van der Waals surface area (Å²) < 4.78 is 0. The maximum atomic E-state index is 12.3. The van der Waals surface area contributed by atoms with E-state index >= 15 is 0 Å². The molecule has 1 heterocycles. The van der Waals surface area contributed by atoms with Crippen LogP contribution in [0.3, 0.4) is 0 Å². The van der Waals surface area contributed by atoms with Gasteiger partial charge in [0, 0.05) is 6.04 Å². The molecule has 1 amide bonds. The van der Waals surface area contributed by atoms with Crippen LogP contribution >= 0.6 is 0 Å². The minimum atomic E-state index is 0.0396. The highest BCUT2D eigenvalue weighted by Crippen LogP contribution is 2.24. The van der Waals surface area contributed by atoms with Crippen LogP contribution < -0.4 is 5.32 Å². The topological polar surface area (TPSA) is 32.3 Å². The molecule has 3 heteroatoms. The van der Waals surface area contributed by atoms with E-state index in [-0.39, 0.29) is 12.2 Å². The lowest BCUT2D eigenvalue weighted by molar-refractivity contribution is -0.133. The van der Waals surface area contributed by atoms with Gasteiger partial charge in [-0.1, -0.05) is 34.6 Å². The zero-order valence-electron chi connectivity index (χ0n) is 11.3. The molecule has 3 nitrogen and oxygen atoms in total. The Morgan fingerprint density at radius 3 is 2.25 bits per heavy atom. The summed E-state index contributed by atoms with van der Waals surface area (Å²) in [7, 11) is 0. The smallest absolute Gasteiger partial charge is 0.241 e. The second-order valence-corrected chi connectivity index (χ2v) is 5.02. The molecule has 1 saturated heterocycles. The van der Waals surface area contributed by atoms with Gasteiger partial charge in [0.2, 0.25) is 5.91 Å². The molecule has 0 bridgehead atoms. The van der Waals surface area contributed by atoms with Crippen molar-refractivity contribution in [1.82, 2.24) is 10.2 Å². The van der Waals surface area contributed by atoms with Gasteiger partial charge in [-0.2, -0.15) is 0 Å². The number of amides is 1. The predicted octanol–water partition coefficient (Wildman–Crippen LogP) is 2.37. The summed E-state index contributed by atoms with van der Waals surface area (Å²) in [5.41, 5.74) is 0. The lowest BCUT2D eigenvalue weighted by Gasteiger charge is -2.34. The van der Waals surface area contributed by atoms with E-state index in [4.69, 9.17) is 0 Å². The van der Waals surface area contributed by atoms with E-state index in [0.717, 1.165) is 19.3 Å². The molecular weight excluding hydrogens is 200 g/mol. The van der Waals surface area contributed by atoms with Gasteiger partial charge in [0.15, 0.2) is 0 Å². The van der Waals surface area contributed by atoms with Crippen molar-refractivity contribution in [2.45, 2.75) is 72.1 Å². The first-order valence-electron chi connectivity index (χ1n) is 6.64. The third-order valence-corrected chi connectivity index (χ3v) is 3.62. The van der Waals surface area contributed by atoms with Crippen LogP contribution in [0.2, 0.25) is 0 Å². The molecule has 0 aromatic rings. The quantitative estimate of drug-likeness (QED) is 0.780. The van der Waals surface area contributed by atoms with Crippen LogP contribution in [0.4, 0.5) is 0 Å². The minimum Gasteiger partial charge on any atom is -0.323 e. The fourth-order valence-corrected chi connectivity index (χ4v) is 2.71.